The van der Waals surface area contributed by atoms with Gasteiger partial charge in [-0.25, -0.2) is 4.39 Å². The van der Waals surface area contributed by atoms with E-state index in [0.29, 0.717) is 5.69 Å². The van der Waals surface area contributed by atoms with Gasteiger partial charge in [0.25, 0.3) is 0 Å². The zero-order valence-corrected chi connectivity index (χ0v) is 14.9. The van der Waals surface area contributed by atoms with Gasteiger partial charge in [-0.1, -0.05) is 18.2 Å². The summed E-state index contributed by atoms with van der Waals surface area (Å²) >= 11 is 0. The minimum absolute atomic E-state index is 0.190. The average molecular weight is 343 g/mol. The van der Waals surface area contributed by atoms with Crippen LogP contribution in [-0.4, -0.2) is 44.7 Å². The van der Waals surface area contributed by atoms with Gasteiger partial charge in [0.05, 0.1) is 5.69 Å². The summed E-state index contributed by atoms with van der Waals surface area (Å²) in [6.07, 6.45) is 3.53. The second-order valence-electron chi connectivity index (χ2n) is 5.72. The number of rotatable bonds is 8. The molecule has 1 aromatic heterocycles. The van der Waals surface area contributed by atoms with Crippen molar-refractivity contribution in [1.82, 2.24) is 15.6 Å². The molecule has 0 aliphatic heterocycles. The third-order valence-corrected chi connectivity index (χ3v) is 3.85. The van der Waals surface area contributed by atoms with Crippen LogP contribution in [0.4, 0.5) is 10.1 Å². The van der Waals surface area contributed by atoms with Crippen LogP contribution in [0.1, 0.15) is 12.1 Å². The lowest BCUT2D eigenvalue weighted by atomic mass is 10.2. The number of nitrogens with one attached hydrogen (secondary N) is 2. The highest BCUT2D eigenvalue weighted by molar-refractivity contribution is 5.79. The molecule has 1 heterocycles. The number of benzene rings is 1. The van der Waals surface area contributed by atoms with E-state index in [1.165, 1.54) is 6.07 Å². The lowest BCUT2D eigenvalue weighted by Gasteiger charge is -2.20. The molecule has 0 radical (unpaired) electrons. The normalized spacial score (nSPS) is 11.2. The summed E-state index contributed by atoms with van der Waals surface area (Å²) in [5, 5.41) is 6.55. The van der Waals surface area contributed by atoms with Crippen molar-refractivity contribution >= 4 is 11.6 Å². The summed E-state index contributed by atoms with van der Waals surface area (Å²) in [4.78, 5) is 10.4. The van der Waals surface area contributed by atoms with E-state index in [1.54, 1.807) is 25.4 Å². The maximum Gasteiger partial charge on any atom is 0.190 e. The molecular formula is C19H26FN5. The SMILES string of the molecule is CN=C(NCCCN(C)c1ccccc1F)NCCc1ccccn1. The minimum Gasteiger partial charge on any atom is -0.372 e. The summed E-state index contributed by atoms with van der Waals surface area (Å²) in [6, 6.07) is 12.7. The second kappa shape index (κ2) is 10.3. The molecule has 2 rings (SSSR count). The zero-order chi connectivity index (χ0) is 17.9. The number of hydrogen-bond donors (Lipinski definition) is 2. The predicted octanol–water partition coefficient (Wildman–Crippen LogP) is 2.45. The summed E-state index contributed by atoms with van der Waals surface area (Å²) in [6.45, 7) is 2.30. The van der Waals surface area contributed by atoms with Crippen molar-refractivity contribution in [3.05, 3.63) is 60.2 Å². The zero-order valence-electron chi connectivity index (χ0n) is 14.9. The second-order valence-corrected chi connectivity index (χ2v) is 5.72. The van der Waals surface area contributed by atoms with Gasteiger partial charge in [0.15, 0.2) is 5.96 Å². The number of aromatic nitrogens is 1. The van der Waals surface area contributed by atoms with Gasteiger partial charge in [-0.05, 0) is 30.7 Å². The fourth-order valence-electron chi connectivity index (χ4n) is 2.48. The van der Waals surface area contributed by atoms with Gasteiger partial charge >= 0.3 is 0 Å². The molecule has 5 nitrogen and oxygen atoms in total. The van der Waals surface area contributed by atoms with E-state index in [0.717, 1.165) is 44.1 Å². The molecule has 2 aromatic rings. The van der Waals surface area contributed by atoms with Gasteiger partial charge in [0.2, 0.25) is 0 Å². The first-order valence-corrected chi connectivity index (χ1v) is 8.51. The summed E-state index contributed by atoms with van der Waals surface area (Å²) in [7, 11) is 3.65. The highest BCUT2D eigenvalue weighted by Crippen LogP contribution is 2.16. The number of guanidine groups is 1. The van der Waals surface area contributed by atoms with Crippen LogP contribution in [0.2, 0.25) is 0 Å². The fourth-order valence-corrected chi connectivity index (χ4v) is 2.48. The Bertz CT molecular complexity index is 660. The Morgan fingerprint density at radius 1 is 1.12 bits per heavy atom. The number of halogens is 1. The van der Waals surface area contributed by atoms with Crippen LogP contribution in [-0.2, 0) is 6.42 Å². The van der Waals surface area contributed by atoms with Crippen LogP contribution >= 0.6 is 0 Å². The summed E-state index contributed by atoms with van der Waals surface area (Å²) in [5.41, 5.74) is 1.68. The van der Waals surface area contributed by atoms with Crippen molar-refractivity contribution in [2.75, 3.05) is 38.6 Å². The molecule has 6 heteroatoms. The molecule has 0 atom stereocenters. The number of hydrogen-bond acceptors (Lipinski definition) is 3. The Labute approximate surface area is 149 Å². The minimum atomic E-state index is -0.190. The van der Waals surface area contributed by atoms with Crippen molar-refractivity contribution in [3.63, 3.8) is 0 Å². The molecule has 0 saturated heterocycles. The maximum atomic E-state index is 13.7. The highest BCUT2D eigenvalue weighted by atomic mass is 19.1. The number of pyridine rings is 1. The van der Waals surface area contributed by atoms with Gasteiger partial charge in [0.1, 0.15) is 5.82 Å². The first-order valence-electron chi connectivity index (χ1n) is 8.51. The van der Waals surface area contributed by atoms with Crippen LogP contribution in [0, 0.1) is 5.82 Å². The molecule has 0 spiro atoms. The van der Waals surface area contributed by atoms with E-state index < -0.39 is 0 Å². The van der Waals surface area contributed by atoms with Gasteiger partial charge in [-0.15, -0.1) is 0 Å². The molecule has 0 bridgehead atoms. The number of nitrogens with zero attached hydrogens (tertiary/aromatic N) is 3. The Morgan fingerprint density at radius 3 is 2.60 bits per heavy atom. The van der Waals surface area contributed by atoms with E-state index in [2.05, 4.69) is 20.6 Å². The van der Waals surface area contributed by atoms with Gasteiger partial charge in [-0.3, -0.25) is 9.98 Å². The summed E-state index contributed by atoms with van der Waals surface area (Å²) in [5.74, 6) is 0.578. The first-order chi connectivity index (χ1) is 12.2. The Balaban J connectivity index is 1.65. The van der Waals surface area contributed by atoms with Crippen LogP contribution in [0.25, 0.3) is 0 Å². The van der Waals surface area contributed by atoms with E-state index in [4.69, 9.17) is 0 Å². The monoisotopic (exact) mass is 343 g/mol. The first kappa shape index (κ1) is 18.7. The third kappa shape index (κ3) is 6.41. The maximum absolute atomic E-state index is 13.7. The number of para-hydroxylation sites is 1. The van der Waals surface area contributed by atoms with Crippen molar-refractivity contribution in [3.8, 4) is 0 Å². The fraction of sp³-hybridized carbons (Fsp3) is 0.368. The topological polar surface area (TPSA) is 52.6 Å². The highest BCUT2D eigenvalue weighted by Gasteiger charge is 2.06. The standard InChI is InChI=1S/C19H26FN5/c1-21-19(24-14-11-16-8-5-6-12-22-16)23-13-7-15-25(2)18-10-4-3-9-17(18)20/h3-6,8-10,12H,7,11,13-15H2,1-2H3,(H2,21,23,24). The molecule has 1 aromatic carbocycles. The van der Waals surface area contributed by atoms with Crippen LogP contribution < -0.4 is 15.5 Å². The Kier molecular flexibility index (Phi) is 7.69. The van der Waals surface area contributed by atoms with Crippen molar-refractivity contribution < 1.29 is 4.39 Å². The molecule has 0 saturated carbocycles. The van der Waals surface area contributed by atoms with E-state index in [1.807, 2.05) is 36.2 Å². The molecule has 25 heavy (non-hydrogen) atoms. The van der Waals surface area contributed by atoms with Gasteiger partial charge < -0.3 is 15.5 Å². The predicted molar refractivity (Wildman–Crippen MR) is 102 cm³/mol. The van der Waals surface area contributed by atoms with Crippen molar-refractivity contribution in [2.45, 2.75) is 12.8 Å². The molecule has 2 N–H and O–H groups in total. The molecule has 0 amide bonds. The van der Waals surface area contributed by atoms with Gasteiger partial charge in [0, 0.05) is 52.0 Å². The van der Waals surface area contributed by atoms with Crippen molar-refractivity contribution in [2.24, 2.45) is 4.99 Å². The molecular weight excluding hydrogens is 317 g/mol. The van der Waals surface area contributed by atoms with Crippen LogP contribution in [0.15, 0.2) is 53.7 Å². The quantitative estimate of drug-likeness (QED) is 0.439. The van der Waals surface area contributed by atoms with Crippen LogP contribution in [0.3, 0.4) is 0 Å². The molecule has 134 valence electrons. The third-order valence-electron chi connectivity index (χ3n) is 3.85. The lowest BCUT2D eigenvalue weighted by molar-refractivity contribution is 0.619. The van der Waals surface area contributed by atoms with E-state index in [9.17, 15) is 4.39 Å². The van der Waals surface area contributed by atoms with E-state index >= 15 is 0 Å². The molecule has 0 aliphatic rings. The average Bonchev–Trinajstić information content (AvgIpc) is 2.64. The largest absolute Gasteiger partial charge is 0.372 e. The number of aliphatic imine (C=N–C) groups is 1. The Morgan fingerprint density at radius 2 is 1.88 bits per heavy atom. The summed E-state index contributed by atoms with van der Waals surface area (Å²) < 4.78 is 13.7. The molecule has 0 unspecified atom stereocenters. The molecule has 0 fully saturated rings. The van der Waals surface area contributed by atoms with Crippen LogP contribution in [0.5, 0.6) is 0 Å². The molecule has 0 aliphatic carbocycles. The lowest BCUT2D eigenvalue weighted by Crippen LogP contribution is -2.39. The van der Waals surface area contributed by atoms with Gasteiger partial charge in [-0.2, -0.15) is 0 Å². The smallest absolute Gasteiger partial charge is 0.190 e. The van der Waals surface area contributed by atoms with E-state index in [-0.39, 0.29) is 5.82 Å². The Hall–Kier alpha value is -2.63. The number of anilines is 1. The van der Waals surface area contributed by atoms with Crippen molar-refractivity contribution in [1.29, 1.82) is 0 Å².